The molecule has 0 spiro atoms. The number of tetrazole rings is 1. The zero-order valence-electron chi connectivity index (χ0n) is 12.2. The smallest absolute Gasteiger partial charge is 0.224 e. The van der Waals surface area contributed by atoms with Gasteiger partial charge in [0.05, 0.1) is 24.9 Å². The quantitative estimate of drug-likeness (QED) is 0.739. The molecule has 1 aliphatic rings. The fourth-order valence-corrected chi connectivity index (χ4v) is 2.41. The Labute approximate surface area is 118 Å². The summed E-state index contributed by atoms with van der Waals surface area (Å²) in [5, 5.41) is 10.8. The van der Waals surface area contributed by atoms with Crippen molar-refractivity contribution in [3.8, 4) is 0 Å². The van der Waals surface area contributed by atoms with E-state index < -0.39 is 0 Å². The number of hydrogen-bond donors (Lipinski definition) is 0. The second kappa shape index (κ2) is 6.27. The number of aryl methyl sites for hydroxylation is 1. The first-order valence-electron chi connectivity index (χ1n) is 6.65. The zero-order chi connectivity index (χ0) is 14.6. The molecule has 8 nitrogen and oxygen atoms in total. The van der Waals surface area contributed by atoms with Crippen molar-refractivity contribution in [3.05, 3.63) is 6.33 Å². The average molecular weight is 283 g/mol. The summed E-state index contributed by atoms with van der Waals surface area (Å²) in [7, 11) is 1.63. The number of amides is 1. The van der Waals surface area contributed by atoms with E-state index in [2.05, 4.69) is 15.5 Å². The number of nitrogens with zero attached hydrogens (tertiary/aromatic N) is 5. The molecule has 0 bridgehead atoms. The molecular formula is C12H21N5O3. The molecular weight excluding hydrogens is 262 g/mol. The topological polar surface area (TPSA) is 82.4 Å². The van der Waals surface area contributed by atoms with Crippen molar-refractivity contribution in [2.24, 2.45) is 0 Å². The minimum absolute atomic E-state index is 0.0815. The third-order valence-corrected chi connectivity index (χ3v) is 3.13. The highest BCUT2D eigenvalue weighted by molar-refractivity contribution is 5.76. The molecule has 1 aromatic rings. The molecule has 0 aliphatic carbocycles. The van der Waals surface area contributed by atoms with Crippen molar-refractivity contribution in [1.82, 2.24) is 25.1 Å². The van der Waals surface area contributed by atoms with Crippen LogP contribution >= 0.6 is 0 Å². The molecule has 8 heteroatoms. The summed E-state index contributed by atoms with van der Waals surface area (Å²) >= 11 is 0. The summed E-state index contributed by atoms with van der Waals surface area (Å²) in [6, 6.07) is 0. The lowest BCUT2D eigenvalue weighted by Crippen LogP contribution is -2.55. The fraction of sp³-hybridized carbons (Fsp3) is 0.833. The van der Waals surface area contributed by atoms with Crippen molar-refractivity contribution in [3.63, 3.8) is 0 Å². The number of hydrogen-bond acceptors (Lipinski definition) is 6. The number of aromatic nitrogens is 4. The highest BCUT2D eigenvalue weighted by atomic mass is 16.5. The molecule has 0 N–H and O–H groups in total. The van der Waals surface area contributed by atoms with Crippen molar-refractivity contribution < 1.29 is 14.3 Å². The van der Waals surface area contributed by atoms with Crippen LogP contribution in [0.1, 0.15) is 20.3 Å². The summed E-state index contributed by atoms with van der Waals surface area (Å²) < 4.78 is 12.6. The third kappa shape index (κ3) is 3.97. The predicted octanol–water partition coefficient (Wildman–Crippen LogP) is -0.284. The maximum Gasteiger partial charge on any atom is 0.224 e. The van der Waals surface area contributed by atoms with Crippen molar-refractivity contribution in [2.45, 2.75) is 38.5 Å². The van der Waals surface area contributed by atoms with E-state index in [1.54, 1.807) is 11.8 Å². The zero-order valence-corrected chi connectivity index (χ0v) is 12.2. The van der Waals surface area contributed by atoms with Crippen LogP contribution in [-0.4, -0.2) is 69.5 Å². The SMILES string of the molecule is COC[C@H]1CN(C(=O)CCn2cnnn2)CC(C)(C)O1. The number of rotatable bonds is 5. The Hall–Kier alpha value is -1.54. The van der Waals surface area contributed by atoms with E-state index in [0.717, 1.165) is 0 Å². The largest absolute Gasteiger partial charge is 0.382 e. The van der Waals surface area contributed by atoms with Crippen molar-refractivity contribution >= 4 is 5.91 Å². The Kier molecular flexibility index (Phi) is 4.66. The minimum Gasteiger partial charge on any atom is -0.382 e. The number of carbonyl (C=O) groups is 1. The summed E-state index contributed by atoms with van der Waals surface area (Å²) in [4.78, 5) is 14.1. The van der Waals surface area contributed by atoms with Gasteiger partial charge < -0.3 is 14.4 Å². The summed E-state index contributed by atoms with van der Waals surface area (Å²) in [6.07, 6.45) is 1.80. The summed E-state index contributed by atoms with van der Waals surface area (Å²) in [5.74, 6) is 0.0815. The lowest BCUT2D eigenvalue weighted by Gasteiger charge is -2.42. The van der Waals surface area contributed by atoms with Crippen molar-refractivity contribution in [1.29, 1.82) is 0 Å². The van der Waals surface area contributed by atoms with Gasteiger partial charge >= 0.3 is 0 Å². The van der Waals surface area contributed by atoms with Crippen LogP contribution < -0.4 is 0 Å². The number of carbonyl (C=O) groups excluding carboxylic acids is 1. The molecule has 0 aromatic carbocycles. The van der Waals surface area contributed by atoms with E-state index in [1.807, 2.05) is 18.7 Å². The second-order valence-corrected chi connectivity index (χ2v) is 5.55. The molecule has 2 heterocycles. The van der Waals surface area contributed by atoms with E-state index in [4.69, 9.17) is 9.47 Å². The second-order valence-electron chi connectivity index (χ2n) is 5.55. The average Bonchev–Trinajstić information content (AvgIpc) is 2.87. The van der Waals surface area contributed by atoms with E-state index in [0.29, 0.717) is 32.7 Å². The molecule has 2 rings (SSSR count). The van der Waals surface area contributed by atoms with Gasteiger partial charge in [0.25, 0.3) is 0 Å². The third-order valence-electron chi connectivity index (χ3n) is 3.13. The standard InChI is InChI=1S/C12H21N5O3/c1-12(2)8-16(6-10(20-12)7-19-3)11(18)4-5-17-9-13-14-15-17/h9-10H,4-8H2,1-3H3/t10-/m1/s1. The first-order chi connectivity index (χ1) is 9.50. The predicted molar refractivity (Wildman–Crippen MR) is 69.8 cm³/mol. The monoisotopic (exact) mass is 283 g/mol. The van der Waals surface area contributed by atoms with E-state index in [9.17, 15) is 4.79 Å². The summed E-state index contributed by atoms with van der Waals surface area (Å²) in [6.45, 7) is 6.08. The Morgan fingerprint density at radius 3 is 3.00 bits per heavy atom. The molecule has 1 amide bonds. The van der Waals surface area contributed by atoms with Crippen molar-refractivity contribution in [2.75, 3.05) is 26.8 Å². The van der Waals surface area contributed by atoms with Gasteiger partial charge in [0.1, 0.15) is 6.33 Å². The van der Waals surface area contributed by atoms with Gasteiger partial charge in [0, 0.05) is 26.6 Å². The maximum absolute atomic E-state index is 12.3. The molecule has 20 heavy (non-hydrogen) atoms. The number of ether oxygens (including phenoxy) is 2. The highest BCUT2D eigenvalue weighted by Gasteiger charge is 2.35. The molecule has 0 radical (unpaired) electrons. The molecule has 1 saturated heterocycles. The molecule has 1 fully saturated rings. The number of morpholine rings is 1. The van der Waals surface area contributed by atoms with Crippen LogP contribution in [0.25, 0.3) is 0 Å². The normalized spacial score (nSPS) is 21.9. The Morgan fingerprint density at radius 1 is 1.55 bits per heavy atom. The van der Waals surface area contributed by atoms with Crippen LogP contribution in [0.15, 0.2) is 6.33 Å². The fourth-order valence-electron chi connectivity index (χ4n) is 2.41. The maximum atomic E-state index is 12.3. The van der Waals surface area contributed by atoms with E-state index in [-0.39, 0.29) is 17.6 Å². The van der Waals surface area contributed by atoms with Crippen LogP contribution in [0.5, 0.6) is 0 Å². The Balaban J connectivity index is 1.90. The molecule has 112 valence electrons. The van der Waals surface area contributed by atoms with Gasteiger partial charge in [-0.1, -0.05) is 0 Å². The molecule has 1 atom stereocenters. The van der Waals surface area contributed by atoms with Gasteiger partial charge in [-0.2, -0.15) is 0 Å². The highest BCUT2D eigenvalue weighted by Crippen LogP contribution is 2.21. The van der Waals surface area contributed by atoms with Gasteiger partial charge in [-0.05, 0) is 24.3 Å². The molecule has 1 aliphatic heterocycles. The van der Waals surface area contributed by atoms with Gasteiger partial charge in [-0.3, -0.25) is 4.79 Å². The van der Waals surface area contributed by atoms with Gasteiger partial charge in [-0.15, -0.1) is 5.10 Å². The first-order valence-corrected chi connectivity index (χ1v) is 6.65. The number of methoxy groups -OCH3 is 1. The van der Waals surface area contributed by atoms with Gasteiger partial charge in [-0.25, -0.2) is 4.68 Å². The minimum atomic E-state index is -0.355. The van der Waals surface area contributed by atoms with Crippen LogP contribution in [0, 0.1) is 0 Å². The van der Waals surface area contributed by atoms with E-state index >= 15 is 0 Å². The lowest BCUT2D eigenvalue weighted by molar-refractivity contribution is -0.168. The van der Waals surface area contributed by atoms with E-state index in [1.165, 1.54) is 6.33 Å². The lowest BCUT2D eigenvalue weighted by atomic mass is 10.0. The van der Waals surface area contributed by atoms with Gasteiger partial charge in [0.15, 0.2) is 0 Å². The van der Waals surface area contributed by atoms with Gasteiger partial charge in [0.2, 0.25) is 5.91 Å². The van der Waals surface area contributed by atoms with Crippen LogP contribution in [0.2, 0.25) is 0 Å². The molecule has 0 unspecified atom stereocenters. The van der Waals surface area contributed by atoms with Crippen LogP contribution in [-0.2, 0) is 20.8 Å². The van der Waals surface area contributed by atoms with Crippen LogP contribution in [0.3, 0.4) is 0 Å². The molecule has 0 saturated carbocycles. The van der Waals surface area contributed by atoms with Crippen LogP contribution in [0.4, 0.5) is 0 Å². The molecule has 1 aromatic heterocycles. The Morgan fingerprint density at radius 2 is 2.35 bits per heavy atom. The summed E-state index contributed by atoms with van der Waals surface area (Å²) in [5.41, 5.74) is -0.355. The Bertz CT molecular complexity index is 434. The first kappa shape index (κ1) is 14.9.